The monoisotopic (exact) mass is 260 g/mol. The first-order chi connectivity index (χ1) is 9.84. The third-order valence-corrected chi connectivity index (χ3v) is 3.08. The summed E-state index contributed by atoms with van der Waals surface area (Å²) in [4.78, 5) is 19.4. The lowest BCUT2D eigenvalue weighted by Crippen LogP contribution is -1.97. The Morgan fingerprint density at radius 3 is 1.60 bits per heavy atom. The molecule has 3 heteroatoms. The van der Waals surface area contributed by atoms with Gasteiger partial charge in [0.2, 0.25) is 0 Å². The maximum Gasteiger partial charge on any atom is 0.178 e. The first kappa shape index (κ1) is 12.2. The Hall–Kier alpha value is -2.81. The molecule has 0 aromatic carbocycles. The van der Waals surface area contributed by atoms with E-state index in [-0.39, 0.29) is 5.78 Å². The molecule has 0 radical (unpaired) electrons. The summed E-state index contributed by atoms with van der Waals surface area (Å²) in [6, 6.07) is 7.84. The van der Waals surface area contributed by atoms with Crippen molar-refractivity contribution in [1.82, 2.24) is 9.97 Å². The fourth-order valence-electron chi connectivity index (χ4n) is 2.16. The predicted octanol–water partition coefficient (Wildman–Crippen LogP) is 2.97. The molecule has 1 aliphatic rings. The van der Waals surface area contributed by atoms with Gasteiger partial charge in [0, 0.05) is 24.8 Å². The molecule has 0 spiro atoms. The van der Waals surface area contributed by atoms with Gasteiger partial charge in [0.05, 0.1) is 0 Å². The molecule has 2 heterocycles. The summed E-state index contributed by atoms with van der Waals surface area (Å²) in [5, 5.41) is 0. The fraction of sp³-hybridized carbons (Fsp3) is 0. The first-order valence-electron chi connectivity index (χ1n) is 6.30. The van der Waals surface area contributed by atoms with Crippen LogP contribution >= 0.6 is 0 Å². The van der Waals surface area contributed by atoms with E-state index >= 15 is 0 Å². The second-order valence-electron chi connectivity index (χ2n) is 4.37. The molecule has 0 bridgehead atoms. The summed E-state index contributed by atoms with van der Waals surface area (Å²) in [7, 11) is 0. The Kier molecular flexibility index (Phi) is 3.33. The van der Waals surface area contributed by atoms with Crippen molar-refractivity contribution >= 4 is 11.4 Å². The van der Waals surface area contributed by atoms with Crippen LogP contribution in [0.4, 0.5) is 0 Å². The van der Waals surface area contributed by atoms with Crippen molar-refractivity contribution in [2.45, 2.75) is 0 Å². The van der Waals surface area contributed by atoms with Gasteiger partial charge in [-0.3, -0.25) is 14.8 Å². The van der Waals surface area contributed by atoms with E-state index in [2.05, 4.69) is 9.97 Å². The lowest BCUT2D eigenvalue weighted by molar-refractivity contribution is -0.110. The average Bonchev–Trinajstić information content (AvgIpc) is 2.52. The maximum atomic E-state index is 11.3. The zero-order valence-electron chi connectivity index (χ0n) is 10.7. The number of hydrogen-bond acceptors (Lipinski definition) is 3. The summed E-state index contributed by atoms with van der Waals surface area (Å²) >= 11 is 0. The minimum atomic E-state index is 0.0116. The van der Waals surface area contributed by atoms with Crippen LogP contribution in [-0.2, 0) is 4.79 Å². The number of aromatic nitrogens is 2. The molecule has 1 aliphatic carbocycles. The van der Waals surface area contributed by atoms with Gasteiger partial charge in [0.1, 0.15) is 0 Å². The van der Waals surface area contributed by atoms with Crippen molar-refractivity contribution in [1.29, 1.82) is 0 Å². The molecule has 2 aromatic rings. The molecule has 3 rings (SSSR count). The van der Waals surface area contributed by atoms with Crippen LogP contribution in [0.3, 0.4) is 0 Å². The van der Waals surface area contributed by atoms with E-state index in [1.807, 2.05) is 36.4 Å². The third-order valence-electron chi connectivity index (χ3n) is 3.08. The normalized spacial score (nSPS) is 13.6. The molecule has 0 fully saturated rings. The second kappa shape index (κ2) is 5.45. The van der Waals surface area contributed by atoms with Crippen LogP contribution in [0.15, 0.2) is 78.9 Å². The average molecular weight is 260 g/mol. The molecule has 0 aliphatic heterocycles. The topological polar surface area (TPSA) is 42.9 Å². The van der Waals surface area contributed by atoms with Gasteiger partial charge in [-0.05, 0) is 58.7 Å². The van der Waals surface area contributed by atoms with Crippen molar-refractivity contribution in [2.24, 2.45) is 0 Å². The van der Waals surface area contributed by atoms with E-state index in [1.54, 1.807) is 36.9 Å². The smallest absolute Gasteiger partial charge is 0.178 e. The van der Waals surface area contributed by atoms with Gasteiger partial charge in [-0.25, -0.2) is 0 Å². The number of hydrogen-bond donors (Lipinski definition) is 0. The van der Waals surface area contributed by atoms with E-state index in [4.69, 9.17) is 0 Å². The van der Waals surface area contributed by atoms with Gasteiger partial charge >= 0.3 is 0 Å². The van der Waals surface area contributed by atoms with Gasteiger partial charge in [-0.2, -0.15) is 0 Å². The minimum Gasteiger partial charge on any atom is -0.290 e. The number of rotatable bonds is 2. The molecular weight excluding hydrogens is 248 g/mol. The Morgan fingerprint density at radius 2 is 1.15 bits per heavy atom. The number of allylic oxidation sites excluding steroid dienone is 5. The Labute approximate surface area is 117 Å². The van der Waals surface area contributed by atoms with Crippen molar-refractivity contribution < 1.29 is 4.79 Å². The molecule has 0 saturated carbocycles. The van der Waals surface area contributed by atoms with E-state index in [0.29, 0.717) is 0 Å². The molecule has 0 saturated heterocycles. The predicted molar refractivity (Wildman–Crippen MR) is 77.8 cm³/mol. The first-order valence-corrected chi connectivity index (χ1v) is 6.30. The molecule has 0 atom stereocenters. The highest BCUT2D eigenvalue weighted by Gasteiger charge is 2.10. The highest BCUT2D eigenvalue weighted by Crippen LogP contribution is 2.28. The Balaban J connectivity index is 2.20. The van der Waals surface area contributed by atoms with E-state index in [9.17, 15) is 4.79 Å². The molecule has 3 nitrogen and oxygen atoms in total. The molecule has 0 N–H and O–H groups in total. The zero-order chi connectivity index (χ0) is 13.8. The van der Waals surface area contributed by atoms with Gasteiger partial charge in [0.25, 0.3) is 0 Å². The summed E-state index contributed by atoms with van der Waals surface area (Å²) < 4.78 is 0. The second-order valence-corrected chi connectivity index (χ2v) is 4.37. The SMILES string of the molecule is O=C1C=CC(=C(c2ccncc2)c2ccncc2)C=C1. The quantitative estimate of drug-likeness (QED) is 0.833. The Bertz CT molecular complexity index is 654. The number of pyridine rings is 2. The third kappa shape index (κ3) is 2.47. The number of nitrogens with zero attached hydrogens (tertiary/aromatic N) is 2. The summed E-state index contributed by atoms with van der Waals surface area (Å²) in [5.74, 6) is 0.0116. The molecule has 20 heavy (non-hydrogen) atoms. The Morgan fingerprint density at radius 1 is 0.700 bits per heavy atom. The zero-order valence-corrected chi connectivity index (χ0v) is 10.7. The largest absolute Gasteiger partial charge is 0.290 e. The van der Waals surface area contributed by atoms with Crippen LogP contribution < -0.4 is 0 Å². The van der Waals surface area contributed by atoms with Crippen LogP contribution in [0.1, 0.15) is 11.1 Å². The summed E-state index contributed by atoms with van der Waals surface area (Å²) in [5.41, 5.74) is 4.19. The van der Waals surface area contributed by atoms with Gasteiger partial charge in [0.15, 0.2) is 5.78 Å². The number of carbonyl (C=O) groups is 1. The van der Waals surface area contributed by atoms with E-state index < -0.39 is 0 Å². The van der Waals surface area contributed by atoms with E-state index in [0.717, 1.165) is 22.3 Å². The summed E-state index contributed by atoms with van der Waals surface area (Å²) in [6.45, 7) is 0. The van der Waals surface area contributed by atoms with Crippen LogP contribution in [0, 0.1) is 0 Å². The van der Waals surface area contributed by atoms with Crippen molar-refractivity contribution in [3.8, 4) is 0 Å². The number of carbonyl (C=O) groups excluding carboxylic acids is 1. The molecule has 96 valence electrons. The van der Waals surface area contributed by atoms with Crippen LogP contribution in [0.2, 0.25) is 0 Å². The molecular formula is C17H12N2O. The maximum absolute atomic E-state index is 11.3. The van der Waals surface area contributed by atoms with Gasteiger partial charge in [-0.15, -0.1) is 0 Å². The summed E-state index contributed by atoms with van der Waals surface area (Å²) in [6.07, 6.45) is 13.9. The van der Waals surface area contributed by atoms with Gasteiger partial charge < -0.3 is 0 Å². The van der Waals surface area contributed by atoms with Gasteiger partial charge in [-0.1, -0.05) is 12.2 Å². The van der Waals surface area contributed by atoms with Crippen molar-refractivity contribution in [3.63, 3.8) is 0 Å². The van der Waals surface area contributed by atoms with Crippen LogP contribution in [-0.4, -0.2) is 15.8 Å². The van der Waals surface area contributed by atoms with Crippen molar-refractivity contribution in [2.75, 3.05) is 0 Å². The molecule has 2 aromatic heterocycles. The van der Waals surface area contributed by atoms with Crippen LogP contribution in [0.25, 0.3) is 5.57 Å². The molecule has 0 amide bonds. The fourth-order valence-corrected chi connectivity index (χ4v) is 2.16. The van der Waals surface area contributed by atoms with Crippen molar-refractivity contribution in [3.05, 3.63) is 90.1 Å². The van der Waals surface area contributed by atoms with E-state index in [1.165, 1.54) is 0 Å². The minimum absolute atomic E-state index is 0.0116. The number of ketones is 1. The highest BCUT2D eigenvalue weighted by atomic mass is 16.1. The lowest BCUT2D eigenvalue weighted by Gasteiger charge is -2.12. The highest BCUT2D eigenvalue weighted by molar-refractivity contribution is 6.03. The lowest BCUT2D eigenvalue weighted by atomic mass is 9.92. The standard InChI is InChI=1S/C17H12N2O/c20-16-3-1-13(2-4-16)17(14-5-9-18-10-6-14)15-7-11-19-12-8-15/h1-12H. The van der Waals surface area contributed by atoms with Crippen LogP contribution in [0.5, 0.6) is 0 Å². The molecule has 0 unspecified atom stereocenters.